The molecule has 0 aromatic carbocycles. The van der Waals surface area contributed by atoms with Crippen molar-refractivity contribution in [3.8, 4) is 0 Å². The van der Waals surface area contributed by atoms with Crippen LogP contribution in [0.2, 0.25) is 27.9 Å². The molecule has 0 spiro atoms. The van der Waals surface area contributed by atoms with E-state index >= 15 is 0 Å². The van der Waals surface area contributed by atoms with Gasteiger partial charge < -0.3 is 0 Å². The van der Waals surface area contributed by atoms with E-state index in [2.05, 4.69) is 65.7 Å². The van der Waals surface area contributed by atoms with Crippen molar-refractivity contribution in [2.45, 2.75) is 66.9 Å². The summed E-state index contributed by atoms with van der Waals surface area (Å²) in [4.78, 5) is 0. The van der Waals surface area contributed by atoms with Crippen molar-refractivity contribution in [2.75, 3.05) is 0 Å². The quantitative estimate of drug-likeness (QED) is 0.433. The fourth-order valence-electron chi connectivity index (χ4n) is 5.16. The molecule has 23 heavy (non-hydrogen) atoms. The number of allylic oxidation sites excluding steroid dienone is 8. The molecule has 0 radical (unpaired) electrons. The molecular weight excluding hydrogens is 372 g/mol. The van der Waals surface area contributed by atoms with E-state index in [0.717, 1.165) is 17.4 Å². The van der Waals surface area contributed by atoms with Gasteiger partial charge in [0.15, 0.2) is 0 Å². The Hall–Kier alpha value is 0.0600. The third kappa shape index (κ3) is 3.15. The van der Waals surface area contributed by atoms with Gasteiger partial charge in [0, 0.05) is 0 Å². The van der Waals surface area contributed by atoms with Gasteiger partial charge in [0.1, 0.15) is 0 Å². The second-order valence-electron chi connectivity index (χ2n) is 8.94. The van der Waals surface area contributed by atoms with Gasteiger partial charge in [-0.05, 0) is 0 Å². The third-order valence-electron chi connectivity index (χ3n) is 7.40. The summed E-state index contributed by atoms with van der Waals surface area (Å²) in [5, 5.41) is -1.20. The predicted octanol–water partition coefficient (Wildman–Crippen LogP) is 6.98. The molecule has 2 heteroatoms. The first-order valence-electron chi connectivity index (χ1n) is 9.63. The Balaban J connectivity index is 1.83. The molecule has 0 heterocycles. The summed E-state index contributed by atoms with van der Waals surface area (Å²) in [6.45, 7) is 7.84. The van der Waals surface area contributed by atoms with Crippen LogP contribution in [-0.2, 0) is 19.4 Å². The Labute approximate surface area is 148 Å². The molecule has 3 aliphatic carbocycles. The first kappa shape index (κ1) is 17.9. The van der Waals surface area contributed by atoms with Crippen molar-refractivity contribution in [3.63, 3.8) is 0 Å². The predicted molar refractivity (Wildman–Crippen MR) is 103 cm³/mol. The third-order valence-corrected chi connectivity index (χ3v) is 46.3. The van der Waals surface area contributed by atoms with Crippen LogP contribution in [0, 0.1) is 11.8 Å². The zero-order valence-electron chi connectivity index (χ0n) is 15.7. The van der Waals surface area contributed by atoms with E-state index in [1.165, 1.54) is 32.1 Å². The molecular formula is C21H34SiZr. The molecule has 3 aliphatic rings. The van der Waals surface area contributed by atoms with Gasteiger partial charge in [0.2, 0.25) is 0 Å². The van der Waals surface area contributed by atoms with Gasteiger partial charge in [-0.15, -0.1) is 0 Å². The second-order valence-corrected chi connectivity index (χ2v) is 39.6. The Kier molecular flexibility index (Phi) is 5.25. The zero-order valence-corrected chi connectivity index (χ0v) is 19.2. The Morgan fingerprint density at radius 3 is 2.61 bits per heavy atom. The average Bonchev–Trinajstić information content (AvgIpc) is 3.14. The SMILES string of the molecule is CCCC1=CC[C]([Zr]([CH3])([CH3])[Si](C)(C)C2CCC3C=CC=CC32)=C1. The monoisotopic (exact) mass is 404 g/mol. The minimum absolute atomic E-state index is 0.852. The van der Waals surface area contributed by atoms with Crippen LogP contribution in [0.15, 0.2) is 45.3 Å². The van der Waals surface area contributed by atoms with Crippen molar-refractivity contribution in [1.82, 2.24) is 0 Å². The first-order chi connectivity index (χ1) is 10.9. The molecule has 126 valence electrons. The van der Waals surface area contributed by atoms with E-state index in [0.29, 0.717) is 0 Å². The van der Waals surface area contributed by atoms with Gasteiger partial charge in [-0.1, -0.05) is 0 Å². The summed E-state index contributed by atoms with van der Waals surface area (Å²) in [5.74, 6) is 1.72. The fourth-order valence-corrected chi connectivity index (χ4v) is 28.4. The average molecular weight is 406 g/mol. The minimum atomic E-state index is -2.20. The van der Waals surface area contributed by atoms with Crippen LogP contribution in [0.1, 0.15) is 39.0 Å². The van der Waals surface area contributed by atoms with Gasteiger partial charge >= 0.3 is 149 Å². The van der Waals surface area contributed by atoms with Crippen LogP contribution >= 0.6 is 0 Å². The van der Waals surface area contributed by atoms with E-state index in [-0.39, 0.29) is 0 Å². The normalized spacial score (nSPS) is 30.4. The molecule has 0 N–H and O–H groups in total. The summed E-state index contributed by atoms with van der Waals surface area (Å²) in [6, 6.07) is 0. The van der Waals surface area contributed by atoms with Gasteiger partial charge in [-0.2, -0.15) is 0 Å². The van der Waals surface area contributed by atoms with Crippen molar-refractivity contribution >= 4 is 5.20 Å². The van der Waals surface area contributed by atoms with Gasteiger partial charge in [-0.3, -0.25) is 0 Å². The molecule has 1 fully saturated rings. The van der Waals surface area contributed by atoms with Crippen molar-refractivity contribution in [3.05, 3.63) is 45.3 Å². The number of rotatable bonds is 5. The maximum absolute atomic E-state index is 2.77. The molecule has 0 aromatic heterocycles. The van der Waals surface area contributed by atoms with Crippen LogP contribution in [0.3, 0.4) is 0 Å². The Bertz CT molecular complexity index is 577. The molecule has 0 aromatic rings. The van der Waals surface area contributed by atoms with Gasteiger partial charge in [0.25, 0.3) is 0 Å². The fraction of sp³-hybridized carbons (Fsp3) is 0.619. The van der Waals surface area contributed by atoms with E-state index < -0.39 is 24.6 Å². The molecule has 3 rings (SSSR count). The summed E-state index contributed by atoms with van der Waals surface area (Å²) >= 11 is -2.20. The molecule has 0 saturated heterocycles. The van der Waals surface area contributed by atoms with Crippen molar-refractivity contribution < 1.29 is 19.4 Å². The number of fused-ring (bicyclic) bond motifs is 1. The summed E-state index contributed by atoms with van der Waals surface area (Å²) in [6.07, 6.45) is 21.7. The van der Waals surface area contributed by atoms with E-state index in [4.69, 9.17) is 0 Å². The molecule has 0 amide bonds. The summed E-state index contributed by atoms with van der Waals surface area (Å²) in [7, 11) is 0. The molecule has 0 aliphatic heterocycles. The van der Waals surface area contributed by atoms with Gasteiger partial charge in [0.05, 0.1) is 0 Å². The van der Waals surface area contributed by atoms with Crippen LogP contribution in [0.5, 0.6) is 0 Å². The zero-order chi connectivity index (χ0) is 16.7. The number of hydrogen-bond acceptors (Lipinski definition) is 0. The standard InChI is InChI=1S/C11H17Si.C8H11.2CH3.Zr/c1-12(2)11-8-7-9-5-3-4-6-10(9)11;1-2-5-8-6-3-4-7-8;;;/h3-6,9-11H,7-8H2,1-2H3;6-7H,2-3,5H2,1H3;2*1H3;. The Morgan fingerprint density at radius 2 is 1.87 bits per heavy atom. The van der Waals surface area contributed by atoms with E-state index in [9.17, 15) is 0 Å². The van der Waals surface area contributed by atoms with Crippen LogP contribution < -0.4 is 0 Å². The second kappa shape index (κ2) is 6.75. The number of hydrogen-bond donors (Lipinski definition) is 0. The molecule has 3 atom stereocenters. The topological polar surface area (TPSA) is 0 Å². The molecule has 3 unspecified atom stereocenters. The maximum atomic E-state index is 2.77. The summed E-state index contributed by atoms with van der Waals surface area (Å²) in [5.41, 5.74) is 2.66. The molecule has 0 nitrogen and oxygen atoms in total. The Morgan fingerprint density at radius 1 is 1.13 bits per heavy atom. The first-order valence-corrected chi connectivity index (χ1v) is 22.5. The molecule has 0 bridgehead atoms. The van der Waals surface area contributed by atoms with E-state index in [1.807, 2.05) is 3.28 Å². The molecule has 1 saturated carbocycles. The van der Waals surface area contributed by atoms with Crippen LogP contribution in [0.25, 0.3) is 0 Å². The van der Waals surface area contributed by atoms with E-state index in [1.54, 1.807) is 5.57 Å². The van der Waals surface area contributed by atoms with Crippen molar-refractivity contribution in [1.29, 1.82) is 0 Å². The van der Waals surface area contributed by atoms with Crippen molar-refractivity contribution in [2.24, 2.45) is 11.8 Å². The summed E-state index contributed by atoms with van der Waals surface area (Å²) < 4.78 is 7.47. The van der Waals surface area contributed by atoms with Crippen LogP contribution in [-0.4, -0.2) is 5.20 Å². The van der Waals surface area contributed by atoms with Crippen LogP contribution in [0.4, 0.5) is 0 Å². The van der Waals surface area contributed by atoms with Gasteiger partial charge in [-0.25, -0.2) is 0 Å².